The fourth-order valence-corrected chi connectivity index (χ4v) is 2.30. The minimum atomic E-state index is -0.430. The van der Waals surface area contributed by atoms with Gasteiger partial charge in [0.25, 0.3) is 0 Å². The van der Waals surface area contributed by atoms with Crippen LogP contribution in [0.3, 0.4) is 0 Å². The van der Waals surface area contributed by atoms with Crippen LogP contribution in [-0.4, -0.2) is 10.9 Å². The topological polar surface area (TPSA) is 56.0 Å². The summed E-state index contributed by atoms with van der Waals surface area (Å²) in [5.74, 6) is -0.430. The number of pyridine rings is 1. The van der Waals surface area contributed by atoms with Gasteiger partial charge in [0.05, 0.1) is 16.8 Å². The molecule has 1 amide bonds. The van der Waals surface area contributed by atoms with E-state index in [1.165, 1.54) is 0 Å². The van der Waals surface area contributed by atoms with E-state index in [1.54, 1.807) is 6.07 Å². The van der Waals surface area contributed by atoms with Crippen molar-refractivity contribution in [2.75, 3.05) is 0 Å². The zero-order valence-corrected chi connectivity index (χ0v) is 11.1. The van der Waals surface area contributed by atoms with E-state index in [0.29, 0.717) is 5.56 Å². The number of primary amides is 1. The molecular formula is C17H14N2O. The van der Waals surface area contributed by atoms with Crippen LogP contribution in [0.4, 0.5) is 0 Å². The quantitative estimate of drug-likeness (QED) is 0.770. The highest BCUT2D eigenvalue weighted by Crippen LogP contribution is 2.25. The first kappa shape index (κ1) is 12.4. The maximum atomic E-state index is 11.7. The Kier molecular flexibility index (Phi) is 2.95. The van der Waals surface area contributed by atoms with Crippen LogP contribution >= 0.6 is 0 Å². The van der Waals surface area contributed by atoms with Gasteiger partial charge in [0.1, 0.15) is 0 Å². The summed E-state index contributed by atoms with van der Waals surface area (Å²) < 4.78 is 0. The molecule has 0 aliphatic rings. The van der Waals surface area contributed by atoms with E-state index in [2.05, 4.69) is 4.98 Å². The second-order valence-corrected chi connectivity index (χ2v) is 4.81. The van der Waals surface area contributed by atoms with Crippen LogP contribution in [0.1, 0.15) is 15.9 Å². The molecule has 0 unspecified atom stereocenters. The predicted octanol–water partition coefficient (Wildman–Crippen LogP) is 3.31. The fraction of sp³-hybridized carbons (Fsp3) is 0.0588. The van der Waals surface area contributed by atoms with E-state index < -0.39 is 5.91 Å². The number of fused-ring (bicyclic) bond motifs is 1. The molecule has 0 bridgehead atoms. The lowest BCUT2D eigenvalue weighted by Gasteiger charge is -2.08. The standard InChI is InChI=1S/C17H14N2O/c1-11-7-8-15-13(9-11)14(17(18)20)10-16(19-15)12-5-3-2-4-6-12/h2-10H,1H3,(H2,18,20). The van der Waals surface area contributed by atoms with Gasteiger partial charge < -0.3 is 5.73 Å². The smallest absolute Gasteiger partial charge is 0.249 e. The lowest BCUT2D eigenvalue weighted by Crippen LogP contribution is -2.12. The second kappa shape index (κ2) is 4.78. The molecule has 0 fully saturated rings. The summed E-state index contributed by atoms with van der Waals surface area (Å²) in [6.45, 7) is 1.98. The Hall–Kier alpha value is -2.68. The summed E-state index contributed by atoms with van der Waals surface area (Å²) in [4.78, 5) is 16.3. The maximum absolute atomic E-state index is 11.7. The number of nitrogens with two attached hydrogens (primary N) is 1. The van der Waals surface area contributed by atoms with Crippen LogP contribution < -0.4 is 5.73 Å². The highest BCUT2D eigenvalue weighted by atomic mass is 16.1. The van der Waals surface area contributed by atoms with Gasteiger partial charge in [-0.1, -0.05) is 42.0 Å². The lowest BCUT2D eigenvalue weighted by molar-refractivity contribution is 0.100. The van der Waals surface area contributed by atoms with E-state index in [9.17, 15) is 4.79 Å². The summed E-state index contributed by atoms with van der Waals surface area (Å²) in [6.07, 6.45) is 0. The molecule has 1 heterocycles. The SMILES string of the molecule is Cc1ccc2nc(-c3ccccc3)cc(C(N)=O)c2c1. The third-order valence-electron chi connectivity index (χ3n) is 3.30. The van der Waals surface area contributed by atoms with E-state index in [-0.39, 0.29) is 0 Å². The first-order chi connectivity index (χ1) is 9.65. The van der Waals surface area contributed by atoms with Crippen molar-refractivity contribution in [2.45, 2.75) is 6.92 Å². The minimum Gasteiger partial charge on any atom is -0.366 e. The van der Waals surface area contributed by atoms with Gasteiger partial charge in [-0.25, -0.2) is 4.98 Å². The number of aryl methyl sites for hydroxylation is 1. The van der Waals surface area contributed by atoms with Gasteiger partial charge in [0.2, 0.25) is 5.91 Å². The van der Waals surface area contributed by atoms with Gasteiger partial charge >= 0.3 is 0 Å². The molecule has 0 spiro atoms. The van der Waals surface area contributed by atoms with Crippen LogP contribution in [0.15, 0.2) is 54.6 Å². The molecule has 0 saturated heterocycles. The molecule has 0 aliphatic heterocycles. The molecule has 3 aromatic rings. The van der Waals surface area contributed by atoms with Crippen molar-refractivity contribution in [1.29, 1.82) is 0 Å². The Balaban J connectivity index is 2.32. The van der Waals surface area contributed by atoms with Crippen molar-refractivity contribution in [3.63, 3.8) is 0 Å². The van der Waals surface area contributed by atoms with Crippen LogP contribution in [0.25, 0.3) is 22.2 Å². The van der Waals surface area contributed by atoms with Gasteiger partial charge in [-0.15, -0.1) is 0 Å². The normalized spacial score (nSPS) is 10.7. The second-order valence-electron chi connectivity index (χ2n) is 4.81. The molecule has 3 nitrogen and oxygen atoms in total. The lowest BCUT2D eigenvalue weighted by atomic mass is 10.0. The maximum Gasteiger partial charge on any atom is 0.249 e. The number of hydrogen-bond acceptors (Lipinski definition) is 2. The largest absolute Gasteiger partial charge is 0.366 e. The molecule has 98 valence electrons. The molecule has 0 atom stereocenters. The zero-order chi connectivity index (χ0) is 14.1. The third-order valence-corrected chi connectivity index (χ3v) is 3.30. The highest BCUT2D eigenvalue weighted by Gasteiger charge is 2.11. The minimum absolute atomic E-state index is 0.430. The Morgan fingerprint density at radius 2 is 1.80 bits per heavy atom. The van der Waals surface area contributed by atoms with Crippen molar-refractivity contribution in [1.82, 2.24) is 4.98 Å². The molecule has 1 aromatic heterocycles. The number of amides is 1. The summed E-state index contributed by atoms with van der Waals surface area (Å²) in [5, 5.41) is 0.803. The number of nitrogens with zero attached hydrogens (tertiary/aromatic N) is 1. The predicted molar refractivity (Wildman–Crippen MR) is 80.4 cm³/mol. The van der Waals surface area contributed by atoms with Crippen molar-refractivity contribution in [2.24, 2.45) is 5.73 Å². The highest BCUT2D eigenvalue weighted by molar-refractivity contribution is 6.06. The van der Waals surface area contributed by atoms with Crippen LogP contribution in [-0.2, 0) is 0 Å². The molecule has 20 heavy (non-hydrogen) atoms. The van der Waals surface area contributed by atoms with Crippen molar-refractivity contribution < 1.29 is 4.79 Å². The van der Waals surface area contributed by atoms with Gasteiger partial charge in [-0.05, 0) is 25.1 Å². The third kappa shape index (κ3) is 2.14. The summed E-state index contributed by atoms with van der Waals surface area (Å²) in [5.41, 5.74) is 9.61. The van der Waals surface area contributed by atoms with E-state index >= 15 is 0 Å². The molecule has 3 rings (SSSR count). The molecule has 0 aliphatic carbocycles. The first-order valence-corrected chi connectivity index (χ1v) is 6.42. The molecule has 0 radical (unpaired) electrons. The fourth-order valence-electron chi connectivity index (χ4n) is 2.30. The Morgan fingerprint density at radius 1 is 1.05 bits per heavy atom. The van der Waals surface area contributed by atoms with Crippen LogP contribution in [0.2, 0.25) is 0 Å². The van der Waals surface area contributed by atoms with Crippen LogP contribution in [0.5, 0.6) is 0 Å². The Labute approximate surface area is 117 Å². The summed E-state index contributed by atoms with van der Waals surface area (Å²) in [6, 6.07) is 17.4. The molecule has 0 saturated carbocycles. The Morgan fingerprint density at radius 3 is 2.50 bits per heavy atom. The zero-order valence-electron chi connectivity index (χ0n) is 11.1. The number of aromatic nitrogens is 1. The van der Waals surface area contributed by atoms with Gasteiger partial charge in [0.15, 0.2) is 0 Å². The molecule has 2 N–H and O–H groups in total. The van der Waals surface area contributed by atoms with Gasteiger partial charge in [-0.2, -0.15) is 0 Å². The van der Waals surface area contributed by atoms with E-state index in [1.807, 2.05) is 55.5 Å². The van der Waals surface area contributed by atoms with Crippen LogP contribution in [0, 0.1) is 6.92 Å². The number of rotatable bonds is 2. The number of hydrogen-bond donors (Lipinski definition) is 1. The monoisotopic (exact) mass is 262 g/mol. The van der Waals surface area contributed by atoms with Crippen molar-refractivity contribution in [3.8, 4) is 11.3 Å². The molecule has 3 heteroatoms. The summed E-state index contributed by atoms with van der Waals surface area (Å²) in [7, 11) is 0. The van der Waals surface area contributed by atoms with Crippen molar-refractivity contribution >= 4 is 16.8 Å². The average molecular weight is 262 g/mol. The van der Waals surface area contributed by atoms with Gasteiger partial charge in [-0.3, -0.25) is 4.79 Å². The van der Waals surface area contributed by atoms with Crippen molar-refractivity contribution in [3.05, 3.63) is 65.7 Å². The average Bonchev–Trinajstić information content (AvgIpc) is 2.47. The van der Waals surface area contributed by atoms with E-state index in [4.69, 9.17) is 5.73 Å². The number of carbonyl (C=O) groups is 1. The van der Waals surface area contributed by atoms with E-state index in [0.717, 1.165) is 27.7 Å². The summed E-state index contributed by atoms with van der Waals surface area (Å²) >= 11 is 0. The Bertz CT molecular complexity index is 795. The number of carbonyl (C=O) groups excluding carboxylic acids is 1. The number of benzene rings is 2. The molecule has 2 aromatic carbocycles. The first-order valence-electron chi connectivity index (χ1n) is 6.42. The van der Waals surface area contributed by atoms with Gasteiger partial charge in [0, 0.05) is 10.9 Å². The molecular weight excluding hydrogens is 248 g/mol.